The number of hydrogen-bond acceptors (Lipinski definition) is 11. The lowest BCUT2D eigenvalue weighted by atomic mass is 9.98. The van der Waals surface area contributed by atoms with Gasteiger partial charge in [-0.15, -0.1) is 0 Å². The van der Waals surface area contributed by atoms with Gasteiger partial charge in [-0.05, 0) is 116 Å². The third-order valence-corrected chi connectivity index (χ3v) is 13.4. The quantitative estimate of drug-likeness (QED) is 0.0228. The first kappa shape index (κ1) is 70.9. The predicted molar refractivity (Wildman–Crippen MR) is 312 cm³/mol. The van der Waals surface area contributed by atoms with E-state index in [2.05, 4.69) is 106 Å². The standard InChI is InChI=1S/C65H108O12/c1-4-7-10-13-16-19-22-25-27-28-29-30-32-34-36-39-42-45-48-51-57(66)73-54-56(75-58(67)52-49-46-43-40-37-33-24-21-18-15-12-9-6-3)55-74-65-63(61(70)60(69)62(77-65)64(71)72)76-59(68)53-50-47-44-41-38-35-31-26-23-20-17-14-11-8-5-2/h9,12,16-21,25-27,31,33,37,56,60-63,65,69-70H,4-8,10-11,13-15,22-24,28-30,32,34-36,38-55H2,1-3H3,(H,71,72)/b12-9-,19-16-,20-17-,21-18-,27-25-,31-26-,37-33-. The molecule has 0 radical (unpaired) electrons. The Morgan fingerprint density at radius 1 is 0.442 bits per heavy atom. The zero-order chi connectivity index (χ0) is 56.1. The van der Waals surface area contributed by atoms with Crippen molar-refractivity contribution < 1.29 is 58.2 Å². The Labute approximate surface area is 467 Å². The smallest absolute Gasteiger partial charge is 0.335 e. The molecule has 77 heavy (non-hydrogen) atoms. The molecule has 0 aliphatic carbocycles. The average Bonchev–Trinajstić information content (AvgIpc) is 3.42. The number of aliphatic hydroxyl groups is 2. The fourth-order valence-electron chi connectivity index (χ4n) is 8.74. The van der Waals surface area contributed by atoms with E-state index in [1.54, 1.807) is 0 Å². The number of carboxylic acids is 1. The fraction of sp³-hybridized carbons (Fsp3) is 0.723. The lowest BCUT2D eigenvalue weighted by Gasteiger charge is -2.40. The third-order valence-electron chi connectivity index (χ3n) is 13.4. The van der Waals surface area contributed by atoms with Gasteiger partial charge in [0.25, 0.3) is 0 Å². The van der Waals surface area contributed by atoms with Crippen LogP contribution in [0.15, 0.2) is 85.1 Å². The molecule has 0 aromatic rings. The van der Waals surface area contributed by atoms with E-state index >= 15 is 0 Å². The summed E-state index contributed by atoms with van der Waals surface area (Å²) in [4.78, 5) is 51.2. The van der Waals surface area contributed by atoms with Crippen LogP contribution < -0.4 is 0 Å². The van der Waals surface area contributed by atoms with Gasteiger partial charge in [0.1, 0.15) is 18.8 Å². The van der Waals surface area contributed by atoms with Crippen LogP contribution in [0.5, 0.6) is 0 Å². The van der Waals surface area contributed by atoms with E-state index in [1.165, 1.54) is 77.0 Å². The van der Waals surface area contributed by atoms with Crippen LogP contribution in [-0.4, -0.2) is 89.2 Å². The second-order valence-corrected chi connectivity index (χ2v) is 20.6. The topological polar surface area (TPSA) is 175 Å². The highest BCUT2D eigenvalue weighted by molar-refractivity contribution is 5.74. The number of allylic oxidation sites excluding steroid dienone is 14. The van der Waals surface area contributed by atoms with E-state index in [9.17, 15) is 34.5 Å². The molecule has 6 unspecified atom stereocenters. The van der Waals surface area contributed by atoms with Gasteiger partial charge >= 0.3 is 23.9 Å². The van der Waals surface area contributed by atoms with Gasteiger partial charge in [0.2, 0.25) is 0 Å². The molecule has 1 aliphatic rings. The Balaban J connectivity index is 2.69. The van der Waals surface area contributed by atoms with Gasteiger partial charge < -0.3 is 39.0 Å². The zero-order valence-corrected chi connectivity index (χ0v) is 48.4. The number of unbranched alkanes of at least 4 members (excludes halogenated alkanes) is 23. The summed E-state index contributed by atoms with van der Waals surface area (Å²) in [6, 6.07) is 0. The Bertz CT molecular complexity index is 1660. The molecule has 0 aromatic heterocycles. The Morgan fingerprint density at radius 2 is 0.818 bits per heavy atom. The predicted octanol–water partition coefficient (Wildman–Crippen LogP) is 15.9. The highest BCUT2D eigenvalue weighted by Gasteiger charge is 2.50. The van der Waals surface area contributed by atoms with Gasteiger partial charge in [-0.25, -0.2) is 4.79 Å². The SMILES string of the molecule is CC/C=C\C/C=C\C/C=C\CCCCCC(=O)OC(COC(=O)CCCCCCCCCCC/C=C\C/C=C\CCCCC)COC1OC(C(=O)O)C(O)C(O)C1OC(=O)CCCCCCC/C=C\C/C=C\CCCCC. The third kappa shape index (κ3) is 42.5. The number of carbonyl (C=O) groups excluding carboxylic acids is 3. The Hall–Kier alpha value is -4.10. The summed E-state index contributed by atoms with van der Waals surface area (Å²) >= 11 is 0. The van der Waals surface area contributed by atoms with Gasteiger partial charge in [0.05, 0.1) is 6.61 Å². The second kappa shape index (κ2) is 52.6. The zero-order valence-electron chi connectivity index (χ0n) is 48.4. The molecule has 6 atom stereocenters. The minimum Gasteiger partial charge on any atom is -0.479 e. The van der Waals surface area contributed by atoms with Gasteiger partial charge in [-0.1, -0.05) is 202 Å². The van der Waals surface area contributed by atoms with Crippen LogP contribution in [0.3, 0.4) is 0 Å². The number of carboxylic acid groups (broad SMARTS) is 1. The number of ether oxygens (including phenoxy) is 5. The van der Waals surface area contributed by atoms with Crippen LogP contribution in [0.25, 0.3) is 0 Å². The maximum atomic E-state index is 13.1. The summed E-state index contributed by atoms with van der Waals surface area (Å²) in [5.41, 5.74) is 0. The van der Waals surface area contributed by atoms with Crippen LogP contribution in [0.2, 0.25) is 0 Å². The van der Waals surface area contributed by atoms with E-state index in [4.69, 9.17) is 23.7 Å². The first-order valence-electron chi connectivity index (χ1n) is 30.6. The van der Waals surface area contributed by atoms with Crippen molar-refractivity contribution in [3.8, 4) is 0 Å². The number of aliphatic carboxylic acids is 1. The molecule has 0 spiro atoms. The van der Waals surface area contributed by atoms with Crippen molar-refractivity contribution in [2.45, 2.75) is 289 Å². The van der Waals surface area contributed by atoms with E-state index in [0.29, 0.717) is 19.3 Å². The molecule has 12 nitrogen and oxygen atoms in total. The van der Waals surface area contributed by atoms with Crippen LogP contribution in [0, 0.1) is 0 Å². The number of hydrogen-bond donors (Lipinski definition) is 3. The first-order chi connectivity index (χ1) is 37.6. The van der Waals surface area contributed by atoms with Crippen molar-refractivity contribution in [1.82, 2.24) is 0 Å². The summed E-state index contributed by atoms with van der Waals surface area (Å²) in [7, 11) is 0. The fourth-order valence-corrected chi connectivity index (χ4v) is 8.74. The minimum absolute atomic E-state index is 0.0378. The summed E-state index contributed by atoms with van der Waals surface area (Å²) in [6.07, 6.45) is 55.5. The van der Waals surface area contributed by atoms with Gasteiger partial charge in [0, 0.05) is 19.3 Å². The molecule has 12 heteroatoms. The van der Waals surface area contributed by atoms with Crippen LogP contribution in [0.4, 0.5) is 0 Å². The van der Waals surface area contributed by atoms with Crippen LogP contribution in [0.1, 0.15) is 252 Å². The molecule has 1 aliphatic heterocycles. The van der Waals surface area contributed by atoms with Crippen molar-refractivity contribution in [3.05, 3.63) is 85.1 Å². The van der Waals surface area contributed by atoms with Crippen LogP contribution >= 0.6 is 0 Å². The lowest BCUT2D eigenvalue weighted by molar-refractivity contribution is -0.301. The summed E-state index contributed by atoms with van der Waals surface area (Å²) < 4.78 is 28.4. The Morgan fingerprint density at radius 3 is 1.26 bits per heavy atom. The van der Waals surface area contributed by atoms with E-state index < -0.39 is 67.3 Å². The summed E-state index contributed by atoms with van der Waals surface area (Å²) in [6.45, 7) is 5.80. The van der Waals surface area contributed by atoms with Crippen molar-refractivity contribution in [1.29, 1.82) is 0 Å². The number of carbonyl (C=O) groups is 4. The van der Waals surface area contributed by atoms with Crippen molar-refractivity contribution in [2.24, 2.45) is 0 Å². The lowest BCUT2D eigenvalue weighted by Crippen LogP contribution is -2.61. The maximum Gasteiger partial charge on any atom is 0.335 e. The monoisotopic (exact) mass is 1080 g/mol. The maximum absolute atomic E-state index is 13.1. The van der Waals surface area contributed by atoms with Crippen molar-refractivity contribution in [3.63, 3.8) is 0 Å². The molecule has 0 saturated carbocycles. The van der Waals surface area contributed by atoms with Gasteiger partial charge in [-0.2, -0.15) is 0 Å². The summed E-state index contributed by atoms with van der Waals surface area (Å²) in [5.74, 6) is -3.18. The molecule has 1 fully saturated rings. The molecular formula is C65H108O12. The van der Waals surface area contributed by atoms with Crippen molar-refractivity contribution >= 4 is 23.9 Å². The summed E-state index contributed by atoms with van der Waals surface area (Å²) in [5, 5.41) is 31.5. The molecule has 1 saturated heterocycles. The Kier molecular flexibility index (Phi) is 48.4. The highest BCUT2D eigenvalue weighted by atomic mass is 16.7. The minimum atomic E-state index is -1.92. The first-order valence-corrected chi connectivity index (χ1v) is 30.6. The van der Waals surface area contributed by atoms with Crippen molar-refractivity contribution in [2.75, 3.05) is 13.2 Å². The molecule has 0 aromatic carbocycles. The second-order valence-electron chi connectivity index (χ2n) is 20.6. The molecule has 1 heterocycles. The molecule has 1 rings (SSSR count). The number of rotatable bonds is 51. The van der Waals surface area contributed by atoms with E-state index in [1.807, 2.05) is 0 Å². The normalized spacial score (nSPS) is 18.6. The van der Waals surface area contributed by atoms with E-state index in [0.717, 1.165) is 116 Å². The van der Waals surface area contributed by atoms with Crippen LogP contribution in [-0.2, 0) is 42.9 Å². The molecule has 0 bridgehead atoms. The highest BCUT2D eigenvalue weighted by Crippen LogP contribution is 2.26. The average molecular weight is 1080 g/mol. The van der Waals surface area contributed by atoms with E-state index in [-0.39, 0.29) is 25.9 Å². The largest absolute Gasteiger partial charge is 0.479 e. The van der Waals surface area contributed by atoms with Gasteiger partial charge in [-0.3, -0.25) is 14.4 Å². The molecular weight excluding hydrogens is 973 g/mol. The molecule has 3 N–H and O–H groups in total. The number of esters is 3. The molecule has 0 amide bonds. The molecule has 440 valence electrons. The van der Waals surface area contributed by atoms with Gasteiger partial charge in [0.15, 0.2) is 24.6 Å². The number of aliphatic hydroxyl groups excluding tert-OH is 2.